The molecule has 0 unspecified atom stereocenters. The van der Waals surface area contributed by atoms with Crippen molar-refractivity contribution in [2.75, 3.05) is 31.1 Å². The number of piperazine rings is 1. The summed E-state index contributed by atoms with van der Waals surface area (Å²) in [5.74, 6) is 0. The van der Waals surface area contributed by atoms with Gasteiger partial charge in [0.2, 0.25) is 0 Å². The molecule has 10 heteroatoms. The van der Waals surface area contributed by atoms with Gasteiger partial charge in [-0.1, -0.05) is 29.3 Å². The zero-order valence-electron chi connectivity index (χ0n) is 15.1. The first kappa shape index (κ1) is 19.9. The SMILES string of the molecule is O=C(O)N1CCN(c2cc(Cl)cc3c2ccn3S(=O)(=O)c2cccc(Cl)c2)CC1. The molecule has 29 heavy (non-hydrogen) atoms. The summed E-state index contributed by atoms with van der Waals surface area (Å²) in [6, 6.07) is 11.2. The van der Waals surface area contributed by atoms with E-state index in [1.165, 1.54) is 27.2 Å². The molecule has 152 valence electrons. The van der Waals surface area contributed by atoms with Gasteiger partial charge in [-0.3, -0.25) is 0 Å². The third-order valence-electron chi connectivity index (χ3n) is 4.96. The van der Waals surface area contributed by atoms with Crippen molar-refractivity contribution in [3.05, 3.63) is 58.7 Å². The summed E-state index contributed by atoms with van der Waals surface area (Å²) in [5.41, 5.74) is 1.23. The first-order chi connectivity index (χ1) is 13.8. The Hall–Kier alpha value is -2.42. The average Bonchev–Trinajstić information content (AvgIpc) is 3.12. The fourth-order valence-electron chi connectivity index (χ4n) is 3.52. The van der Waals surface area contributed by atoms with Crippen LogP contribution in [0.1, 0.15) is 0 Å². The molecule has 1 aliphatic heterocycles. The van der Waals surface area contributed by atoms with Gasteiger partial charge in [0.15, 0.2) is 0 Å². The molecule has 2 heterocycles. The molecule has 0 saturated carbocycles. The number of rotatable bonds is 3. The second-order valence-electron chi connectivity index (χ2n) is 6.69. The first-order valence-electron chi connectivity index (χ1n) is 8.82. The molecule has 0 spiro atoms. The van der Waals surface area contributed by atoms with Crippen LogP contribution in [0.15, 0.2) is 53.6 Å². The van der Waals surface area contributed by atoms with Crippen LogP contribution in [0.5, 0.6) is 0 Å². The van der Waals surface area contributed by atoms with Gasteiger partial charge in [-0.25, -0.2) is 17.2 Å². The fraction of sp³-hybridized carbons (Fsp3) is 0.211. The summed E-state index contributed by atoms with van der Waals surface area (Å²) in [5, 5.41) is 10.6. The van der Waals surface area contributed by atoms with Crippen molar-refractivity contribution in [2.24, 2.45) is 0 Å². The number of anilines is 1. The van der Waals surface area contributed by atoms with Crippen LogP contribution >= 0.6 is 23.2 Å². The van der Waals surface area contributed by atoms with E-state index in [-0.39, 0.29) is 4.90 Å². The zero-order chi connectivity index (χ0) is 20.8. The summed E-state index contributed by atoms with van der Waals surface area (Å²) < 4.78 is 27.5. The van der Waals surface area contributed by atoms with Gasteiger partial charge in [-0.05, 0) is 36.4 Å². The topological polar surface area (TPSA) is 82.8 Å². The monoisotopic (exact) mass is 453 g/mol. The largest absolute Gasteiger partial charge is 0.465 e. The van der Waals surface area contributed by atoms with Crippen molar-refractivity contribution in [1.82, 2.24) is 8.87 Å². The maximum absolute atomic E-state index is 13.2. The van der Waals surface area contributed by atoms with Crippen LogP contribution in [0.3, 0.4) is 0 Å². The van der Waals surface area contributed by atoms with E-state index >= 15 is 0 Å². The molecule has 0 aliphatic carbocycles. The summed E-state index contributed by atoms with van der Waals surface area (Å²) in [6.07, 6.45) is 0.550. The number of nitrogens with zero attached hydrogens (tertiary/aromatic N) is 3. The Balaban J connectivity index is 1.77. The number of aromatic nitrogens is 1. The highest BCUT2D eigenvalue weighted by Crippen LogP contribution is 2.34. The summed E-state index contributed by atoms with van der Waals surface area (Å²) in [6.45, 7) is 1.72. The molecule has 1 aliphatic rings. The normalized spacial score (nSPS) is 15.1. The van der Waals surface area contributed by atoms with Gasteiger partial charge in [0.05, 0.1) is 10.4 Å². The first-order valence-corrected chi connectivity index (χ1v) is 11.0. The number of halogens is 2. The molecule has 1 aromatic heterocycles. The van der Waals surface area contributed by atoms with Gasteiger partial charge in [-0.2, -0.15) is 0 Å². The molecule has 1 fully saturated rings. The molecule has 1 N–H and O–H groups in total. The van der Waals surface area contributed by atoms with Crippen LogP contribution in [-0.4, -0.2) is 54.7 Å². The van der Waals surface area contributed by atoms with Crippen LogP contribution in [0.4, 0.5) is 10.5 Å². The lowest BCUT2D eigenvalue weighted by molar-refractivity contribution is 0.142. The van der Waals surface area contributed by atoms with E-state index in [1.54, 1.807) is 30.3 Å². The molecule has 0 bridgehead atoms. The quantitative estimate of drug-likeness (QED) is 0.648. The van der Waals surface area contributed by atoms with Crippen LogP contribution in [0, 0.1) is 0 Å². The molecular formula is C19H17Cl2N3O4S. The van der Waals surface area contributed by atoms with E-state index < -0.39 is 16.1 Å². The highest BCUT2D eigenvalue weighted by atomic mass is 35.5. The lowest BCUT2D eigenvalue weighted by Crippen LogP contribution is -2.48. The second kappa shape index (κ2) is 7.44. The van der Waals surface area contributed by atoms with E-state index in [4.69, 9.17) is 28.3 Å². The van der Waals surface area contributed by atoms with Crippen LogP contribution in [-0.2, 0) is 10.0 Å². The minimum atomic E-state index is -3.86. The molecule has 7 nitrogen and oxygen atoms in total. The van der Waals surface area contributed by atoms with Gasteiger partial charge in [-0.15, -0.1) is 0 Å². The highest BCUT2D eigenvalue weighted by molar-refractivity contribution is 7.90. The van der Waals surface area contributed by atoms with E-state index in [1.807, 2.05) is 4.90 Å². The Kier molecular flexibility index (Phi) is 5.10. The fourth-order valence-corrected chi connectivity index (χ4v) is 5.36. The van der Waals surface area contributed by atoms with Crippen LogP contribution in [0.25, 0.3) is 10.9 Å². The smallest absolute Gasteiger partial charge is 0.407 e. The summed E-state index contributed by atoms with van der Waals surface area (Å²) in [7, 11) is -3.86. The number of carboxylic acid groups (broad SMARTS) is 1. The van der Waals surface area contributed by atoms with Gasteiger partial charge in [0.25, 0.3) is 10.0 Å². The number of amides is 1. The van der Waals surface area contributed by atoms with Crippen molar-refractivity contribution >= 4 is 55.9 Å². The number of carbonyl (C=O) groups is 1. The lowest BCUT2D eigenvalue weighted by Gasteiger charge is -2.35. The Labute approximate surface area is 177 Å². The van der Waals surface area contributed by atoms with Crippen molar-refractivity contribution in [3.63, 3.8) is 0 Å². The third-order valence-corrected chi connectivity index (χ3v) is 7.10. The molecule has 1 amide bonds. The Morgan fingerprint density at radius 1 is 0.966 bits per heavy atom. The number of benzene rings is 2. The Morgan fingerprint density at radius 2 is 1.69 bits per heavy atom. The minimum absolute atomic E-state index is 0.0825. The molecule has 0 radical (unpaired) electrons. The molecular weight excluding hydrogens is 437 g/mol. The van der Waals surface area contributed by atoms with Gasteiger partial charge in [0, 0.05) is 53.5 Å². The average molecular weight is 454 g/mol. The highest BCUT2D eigenvalue weighted by Gasteiger charge is 2.25. The molecule has 1 saturated heterocycles. The molecule has 4 rings (SSSR count). The molecule has 2 aromatic carbocycles. The van der Waals surface area contributed by atoms with Gasteiger partial charge < -0.3 is 14.9 Å². The van der Waals surface area contributed by atoms with Crippen molar-refractivity contribution in [3.8, 4) is 0 Å². The Morgan fingerprint density at radius 3 is 2.34 bits per heavy atom. The number of hydrogen-bond acceptors (Lipinski definition) is 4. The second-order valence-corrected chi connectivity index (χ2v) is 9.38. The molecule has 3 aromatic rings. The lowest BCUT2D eigenvalue weighted by atomic mass is 10.1. The van der Waals surface area contributed by atoms with Crippen molar-refractivity contribution in [1.29, 1.82) is 0 Å². The van der Waals surface area contributed by atoms with E-state index in [0.717, 1.165) is 11.1 Å². The number of hydrogen-bond donors (Lipinski definition) is 1. The van der Waals surface area contributed by atoms with E-state index in [9.17, 15) is 13.2 Å². The molecule has 0 atom stereocenters. The van der Waals surface area contributed by atoms with Gasteiger partial charge in [0.1, 0.15) is 0 Å². The summed E-state index contributed by atoms with van der Waals surface area (Å²) in [4.78, 5) is 14.6. The maximum atomic E-state index is 13.2. The van der Waals surface area contributed by atoms with Crippen molar-refractivity contribution < 1.29 is 18.3 Å². The van der Waals surface area contributed by atoms with Crippen molar-refractivity contribution in [2.45, 2.75) is 4.90 Å². The van der Waals surface area contributed by atoms with Crippen LogP contribution in [0.2, 0.25) is 10.0 Å². The van der Waals surface area contributed by atoms with Crippen LogP contribution < -0.4 is 4.90 Å². The number of fused-ring (bicyclic) bond motifs is 1. The van der Waals surface area contributed by atoms with E-state index in [0.29, 0.717) is 41.7 Å². The summed E-state index contributed by atoms with van der Waals surface area (Å²) >= 11 is 12.3. The Bertz CT molecular complexity index is 1200. The van der Waals surface area contributed by atoms with Gasteiger partial charge >= 0.3 is 6.09 Å². The maximum Gasteiger partial charge on any atom is 0.407 e. The predicted molar refractivity (Wildman–Crippen MR) is 113 cm³/mol. The minimum Gasteiger partial charge on any atom is -0.465 e. The van der Waals surface area contributed by atoms with E-state index in [2.05, 4.69) is 0 Å². The zero-order valence-corrected chi connectivity index (χ0v) is 17.5. The standard InChI is InChI=1S/C19H17Cl2N3O4S/c20-13-2-1-3-15(10-13)29(27,28)24-5-4-16-17(11-14(21)12-18(16)24)22-6-8-23(9-7-22)19(25)26/h1-5,10-12H,6-9H2,(H,25,26). The third kappa shape index (κ3) is 3.63. The predicted octanol–water partition coefficient (Wildman–Crippen LogP) is 3.99.